The molecule has 0 spiro atoms. The zero-order chi connectivity index (χ0) is 18.6. The molecule has 0 aromatic heterocycles. The quantitative estimate of drug-likeness (QED) is 0.564. The highest BCUT2D eigenvalue weighted by Gasteiger charge is 2.74. The Morgan fingerprint density at radius 3 is 2.32 bits per heavy atom. The molecule has 3 aliphatic heterocycles. The van der Waals surface area contributed by atoms with Gasteiger partial charge in [0, 0.05) is 13.1 Å². The number of rotatable bonds is 3. The van der Waals surface area contributed by atoms with Crippen molar-refractivity contribution in [2.45, 2.75) is 57.0 Å². The van der Waals surface area contributed by atoms with Crippen LogP contribution in [-0.2, 0) is 19.1 Å². The van der Waals surface area contributed by atoms with Crippen LogP contribution < -0.4 is 0 Å². The molecule has 0 unspecified atom stereocenters. The number of amides is 2. The van der Waals surface area contributed by atoms with E-state index in [4.69, 9.17) is 4.74 Å². The van der Waals surface area contributed by atoms with Gasteiger partial charge < -0.3 is 14.5 Å². The summed E-state index contributed by atoms with van der Waals surface area (Å²) < 4.78 is 5.11. The summed E-state index contributed by atoms with van der Waals surface area (Å²) in [7, 11) is 3.10. The minimum atomic E-state index is -1.21. The molecule has 2 bridgehead atoms. The predicted octanol–water partition coefficient (Wildman–Crippen LogP) is 2.08. The fourth-order valence-electron chi connectivity index (χ4n) is 5.16. The fraction of sp³-hybridized carbons (Fsp3) is 0.833. The van der Waals surface area contributed by atoms with Crippen molar-refractivity contribution in [1.29, 1.82) is 0 Å². The van der Waals surface area contributed by atoms with Gasteiger partial charge in [0.05, 0.1) is 7.11 Å². The zero-order valence-electron chi connectivity index (χ0n) is 15.7. The van der Waals surface area contributed by atoms with Crippen LogP contribution in [0.1, 0.15) is 46.0 Å². The molecule has 0 N–H and O–H groups in total. The van der Waals surface area contributed by atoms with Crippen LogP contribution in [0.4, 0.5) is 0 Å². The van der Waals surface area contributed by atoms with E-state index in [2.05, 4.69) is 0 Å². The number of ether oxygens (including phenoxy) is 1. The lowest BCUT2D eigenvalue weighted by molar-refractivity contribution is -0.217. The third-order valence-corrected chi connectivity index (χ3v) is 8.07. The molecule has 2 amide bonds. The van der Waals surface area contributed by atoms with Crippen molar-refractivity contribution in [2.75, 3.05) is 20.4 Å². The van der Waals surface area contributed by atoms with Crippen molar-refractivity contribution in [1.82, 2.24) is 9.80 Å². The van der Waals surface area contributed by atoms with Gasteiger partial charge in [0.1, 0.15) is 11.3 Å². The van der Waals surface area contributed by atoms with E-state index in [1.807, 2.05) is 18.1 Å². The lowest BCUT2D eigenvalue weighted by Gasteiger charge is -2.67. The van der Waals surface area contributed by atoms with E-state index in [0.29, 0.717) is 0 Å². The van der Waals surface area contributed by atoms with Crippen LogP contribution in [0.3, 0.4) is 0 Å². The number of fused-ring (bicyclic) bond motifs is 3. The summed E-state index contributed by atoms with van der Waals surface area (Å²) in [6.45, 7) is 3.54. The van der Waals surface area contributed by atoms with Crippen molar-refractivity contribution in [3.05, 3.63) is 0 Å². The molecule has 4 aliphatic rings. The molecule has 0 aromatic rings. The number of carbonyl (C=O) groups excluding carboxylic acids is 3. The van der Waals surface area contributed by atoms with Gasteiger partial charge in [0.2, 0.25) is 11.8 Å². The summed E-state index contributed by atoms with van der Waals surface area (Å²) in [5.74, 6) is -1.61. The van der Waals surface area contributed by atoms with E-state index >= 15 is 0 Å². The number of piperidine rings is 2. The predicted molar refractivity (Wildman–Crippen MR) is 95.5 cm³/mol. The van der Waals surface area contributed by atoms with Gasteiger partial charge in [-0.2, -0.15) is 0 Å². The smallest absolute Gasteiger partial charge is 0.314 e. The zero-order valence-corrected chi connectivity index (χ0v) is 16.5. The summed E-state index contributed by atoms with van der Waals surface area (Å²) in [5.41, 5.74) is -1.21. The van der Waals surface area contributed by atoms with Gasteiger partial charge in [0.15, 0.2) is 4.99 Å². The second-order valence-corrected chi connectivity index (χ2v) is 8.69. The van der Waals surface area contributed by atoms with Crippen LogP contribution >= 0.6 is 11.8 Å². The lowest BCUT2D eigenvalue weighted by atomic mass is 9.61. The molecule has 3 saturated heterocycles. The van der Waals surface area contributed by atoms with Gasteiger partial charge in [0.25, 0.3) is 0 Å². The van der Waals surface area contributed by atoms with Gasteiger partial charge >= 0.3 is 5.97 Å². The molecule has 1 saturated carbocycles. The van der Waals surface area contributed by atoms with Crippen molar-refractivity contribution in [2.24, 2.45) is 17.3 Å². The summed E-state index contributed by atoms with van der Waals surface area (Å²) >= 11 is 1.41. The summed E-state index contributed by atoms with van der Waals surface area (Å²) in [4.78, 5) is 41.9. The van der Waals surface area contributed by atoms with Gasteiger partial charge in [-0.25, -0.2) is 0 Å². The Balaban J connectivity index is 2.20. The maximum Gasteiger partial charge on any atom is 0.314 e. The molecular weight excluding hydrogens is 340 g/mol. The molecular formula is C18H28N2O4S. The highest BCUT2D eigenvalue weighted by molar-refractivity contribution is 8.00. The summed E-state index contributed by atoms with van der Waals surface area (Å²) in [6, 6.07) is 0.0724. The standard InChI is InChI=1S/C18H28N2O4S/c1-11-13(14(21)24-4)18(25-5)19(3)15(22)17(11,2)16(23)20(18)12-9-7-6-8-10-12/h11-13H,6-10H2,1-5H3/t11-,13+,17+,18+/m0/s1. The SMILES string of the molecule is COC(=O)[C@H]1[C@H](C)[C@]2(C)C(=O)N(C)[C@@]1(SC)N(C1CCCCC1)C2=O. The van der Waals surface area contributed by atoms with Crippen LogP contribution in [0.25, 0.3) is 0 Å². The first-order valence-corrected chi connectivity index (χ1v) is 10.3. The molecule has 7 heteroatoms. The molecule has 0 aromatic carbocycles. The first-order chi connectivity index (χ1) is 11.8. The summed E-state index contributed by atoms with van der Waals surface area (Å²) in [5, 5.41) is 0. The van der Waals surface area contributed by atoms with E-state index in [0.717, 1.165) is 25.7 Å². The second-order valence-electron chi connectivity index (χ2n) is 7.69. The van der Waals surface area contributed by atoms with Crippen LogP contribution in [0, 0.1) is 17.3 Å². The van der Waals surface area contributed by atoms with Gasteiger partial charge in [-0.3, -0.25) is 14.4 Å². The van der Waals surface area contributed by atoms with E-state index < -0.39 is 22.2 Å². The normalized spacial score (nSPS) is 39.1. The van der Waals surface area contributed by atoms with E-state index in [1.54, 1.807) is 18.9 Å². The maximum atomic E-state index is 13.5. The third kappa shape index (κ3) is 2.14. The van der Waals surface area contributed by atoms with Gasteiger partial charge in [-0.05, 0) is 31.9 Å². The highest BCUT2D eigenvalue weighted by Crippen LogP contribution is 2.60. The highest BCUT2D eigenvalue weighted by atomic mass is 32.2. The van der Waals surface area contributed by atoms with Crippen molar-refractivity contribution in [3.63, 3.8) is 0 Å². The van der Waals surface area contributed by atoms with Crippen LogP contribution in [0.15, 0.2) is 0 Å². The van der Waals surface area contributed by atoms with Crippen LogP contribution in [0.5, 0.6) is 0 Å². The van der Waals surface area contributed by atoms with Crippen molar-refractivity contribution in [3.8, 4) is 0 Å². The third-order valence-electron chi connectivity index (χ3n) is 6.75. The average Bonchev–Trinajstić information content (AvgIpc) is 2.63. The van der Waals surface area contributed by atoms with Crippen molar-refractivity contribution >= 4 is 29.5 Å². The fourth-order valence-corrected chi connectivity index (χ4v) is 6.50. The Morgan fingerprint density at radius 1 is 1.20 bits per heavy atom. The molecule has 0 radical (unpaired) electrons. The molecule has 4 rings (SSSR count). The number of thioether (sulfide) groups is 1. The molecule has 4 fully saturated rings. The first kappa shape index (κ1) is 18.5. The Kier molecular flexibility index (Phi) is 4.58. The number of esters is 1. The number of hydrogen-bond acceptors (Lipinski definition) is 5. The minimum Gasteiger partial charge on any atom is -0.469 e. The maximum absolute atomic E-state index is 13.5. The Hall–Kier alpha value is -1.24. The molecule has 6 nitrogen and oxygen atoms in total. The Labute approximate surface area is 153 Å². The number of hydrogen-bond donors (Lipinski definition) is 0. The summed E-state index contributed by atoms with van der Waals surface area (Å²) in [6.07, 6.45) is 7.05. The van der Waals surface area contributed by atoms with Crippen LogP contribution in [0.2, 0.25) is 0 Å². The number of nitrogens with zero attached hydrogens (tertiary/aromatic N) is 2. The van der Waals surface area contributed by atoms with Crippen molar-refractivity contribution < 1.29 is 19.1 Å². The van der Waals surface area contributed by atoms with E-state index in [-0.39, 0.29) is 23.8 Å². The monoisotopic (exact) mass is 368 g/mol. The molecule has 140 valence electrons. The average molecular weight is 368 g/mol. The topological polar surface area (TPSA) is 66.9 Å². The van der Waals surface area contributed by atoms with E-state index in [9.17, 15) is 14.4 Å². The molecule has 25 heavy (non-hydrogen) atoms. The Morgan fingerprint density at radius 2 is 1.80 bits per heavy atom. The number of methoxy groups -OCH3 is 1. The molecule has 4 atom stereocenters. The molecule has 1 aliphatic carbocycles. The second kappa shape index (κ2) is 6.18. The number of carbonyl (C=O) groups is 3. The first-order valence-electron chi connectivity index (χ1n) is 9.03. The lowest BCUT2D eigenvalue weighted by Crippen LogP contribution is -2.83. The van der Waals surface area contributed by atoms with Gasteiger partial charge in [-0.15, -0.1) is 11.8 Å². The van der Waals surface area contributed by atoms with Gasteiger partial charge in [-0.1, -0.05) is 26.2 Å². The van der Waals surface area contributed by atoms with Crippen LogP contribution in [-0.4, -0.2) is 59.0 Å². The van der Waals surface area contributed by atoms with E-state index in [1.165, 1.54) is 25.3 Å². The largest absolute Gasteiger partial charge is 0.469 e. The minimum absolute atomic E-state index is 0.0724. The Bertz CT molecular complexity index is 606. The molecule has 3 heterocycles.